The van der Waals surface area contributed by atoms with Crippen molar-refractivity contribution in [2.24, 2.45) is 0 Å². The molecule has 1 aromatic heterocycles. The molecule has 0 amide bonds. The van der Waals surface area contributed by atoms with Crippen molar-refractivity contribution in [1.82, 2.24) is 0 Å². The van der Waals surface area contributed by atoms with Gasteiger partial charge in [0.15, 0.2) is 16.8 Å². The largest absolute Gasteiger partial charge is 0.493 e. The molecule has 0 saturated carbocycles. The first-order valence-corrected chi connectivity index (χ1v) is 4.83. The second-order valence-electron chi connectivity index (χ2n) is 3.40. The summed E-state index contributed by atoms with van der Waals surface area (Å²) in [5, 5.41) is 0.489. The van der Waals surface area contributed by atoms with Gasteiger partial charge in [-0.25, -0.2) is 0 Å². The Kier molecular flexibility index (Phi) is 2.56. The van der Waals surface area contributed by atoms with Gasteiger partial charge in [-0.15, -0.1) is 0 Å². The summed E-state index contributed by atoms with van der Waals surface area (Å²) in [6, 6.07) is 4.81. The maximum atomic E-state index is 11.7. The molecule has 1 heterocycles. The quantitative estimate of drug-likeness (QED) is 0.777. The van der Waals surface area contributed by atoms with Crippen molar-refractivity contribution >= 4 is 11.0 Å². The Morgan fingerprint density at radius 1 is 1.19 bits per heavy atom. The number of benzene rings is 1. The highest BCUT2D eigenvalue weighted by molar-refractivity contribution is 5.85. The molecular weight excluding hydrogens is 208 g/mol. The second-order valence-corrected chi connectivity index (χ2v) is 3.40. The first-order valence-electron chi connectivity index (χ1n) is 4.83. The van der Waals surface area contributed by atoms with E-state index in [-0.39, 0.29) is 5.43 Å². The predicted octanol–water partition coefficient (Wildman–Crippen LogP) is 2.12. The molecule has 2 aromatic rings. The van der Waals surface area contributed by atoms with Gasteiger partial charge in [0.1, 0.15) is 5.76 Å². The molecule has 0 atom stereocenters. The Balaban J connectivity index is 2.91. The van der Waals surface area contributed by atoms with Crippen LogP contribution in [0.25, 0.3) is 11.0 Å². The molecule has 0 bridgehead atoms. The van der Waals surface area contributed by atoms with E-state index in [2.05, 4.69) is 0 Å². The third kappa shape index (κ3) is 1.52. The zero-order chi connectivity index (χ0) is 11.7. The van der Waals surface area contributed by atoms with Gasteiger partial charge in [0.05, 0.1) is 19.6 Å². The van der Waals surface area contributed by atoms with Crippen LogP contribution in [0.15, 0.2) is 27.4 Å². The van der Waals surface area contributed by atoms with Crippen LogP contribution in [0, 0.1) is 6.92 Å². The van der Waals surface area contributed by atoms with E-state index in [1.165, 1.54) is 20.3 Å². The van der Waals surface area contributed by atoms with Crippen LogP contribution >= 0.6 is 0 Å². The lowest BCUT2D eigenvalue weighted by atomic mass is 10.2. The fourth-order valence-electron chi connectivity index (χ4n) is 1.65. The van der Waals surface area contributed by atoms with Crippen molar-refractivity contribution in [3.8, 4) is 11.5 Å². The Hall–Kier alpha value is -1.97. The lowest BCUT2D eigenvalue weighted by Crippen LogP contribution is -2.02. The number of ether oxygens (including phenoxy) is 2. The van der Waals surface area contributed by atoms with Crippen LogP contribution in [0.5, 0.6) is 11.5 Å². The summed E-state index contributed by atoms with van der Waals surface area (Å²) < 4.78 is 15.8. The molecule has 4 heteroatoms. The van der Waals surface area contributed by atoms with Gasteiger partial charge in [-0.1, -0.05) is 0 Å². The summed E-state index contributed by atoms with van der Waals surface area (Å²) in [5.41, 5.74) is 0.339. The van der Waals surface area contributed by atoms with Gasteiger partial charge in [-0.05, 0) is 19.1 Å². The molecular formula is C12H12O4. The normalized spacial score (nSPS) is 10.4. The summed E-state index contributed by atoms with van der Waals surface area (Å²) in [4.78, 5) is 11.7. The molecule has 0 spiro atoms. The summed E-state index contributed by atoms with van der Waals surface area (Å²) in [6.45, 7) is 1.72. The average molecular weight is 220 g/mol. The Bertz CT molecular complexity index is 583. The summed E-state index contributed by atoms with van der Waals surface area (Å²) in [6.07, 6.45) is 0. The predicted molar refractivity (Wildman–Crippen MR) is 60.3 cm³/mol. The first kappa shape index (κ1) is 10.5. The highest BCUT2D eigenvalue weighted by Crippen LogP contribution is 2.34. The zero-order valence-electron chi connectivity index (χ0n) is 9.37. The van der Waals surface area contributed by atoms with E-state index in [0.717, 1.165) is 0 Å². The molecule has 84 valence electrons. The standard InChI is InChI=1S/C12H12O4/c1-7-6-9(13)8-4-5-10(14-2)12(15-3)11(8)16-7/h4-6H,1-3H3. The average Bonchev–Trinajstić information content (AvgIpc) is 2.27. The minimum atomic E-state index is -0.0836. The fraction of sp³-hybridized carbons (Fsp3) is 0.250. The minimum absolute atomic E-state index is 0.0836. The van der Waals surface area contributed by atoms with Crippen molar-refractivity contribution < 1.29 is 13.9 Å². The van der Waals surface area contributed by atoms with Gasteiger partial charge < -0.3 is 13.9 Å². The van der Waals surface area contributed by atoms with Gasteiger partial charge in [0, 0.05) is 6.07 Å². The van der Waals surface area contributed by atoms with Gasteiger partial charge in [-0.2, -0.15) is 0 Å². The molecule has 0 aliphatic rings. The monoisotopic (exact) mass is 220 g/mol. The van der Waals surface area contributed by atoms with Crippen LogP contribution < -0.4 is 14.9 Å². The zero-order valence-corrected chi connectivity index (χ0v) is 9.37. The number of fused-ring (bicyclic) bond motifs is 1. The van der Waals surface area contributed by atoms with Crippen molar-refractivity contribution in [3.05, 3.63) is 34.2 Å². The van der Waals surface area contributed by atoms with E-state index < -0.39 is 0 Å². The molecule has 2 rings (SSSR count). The van der Waals surface area contributed by atoms with Crippen LogP contribution in [0.4, 0.5) is 0 Å². The van der Waals surface area contributed by atoms with Crippen molar-refractivity contribution in [2.75, 3.05) is 14.2 Å². The molecule has 0 radical (unpaired) electrons. The van der Waals surface area contributed by atoms with E-state index in [1.54, 1.807) is 19.1 Å². The SMILES string of the molecule is COc1ccc2c(=O)cc(C)oc2c1OC. The first-order chi connectivity index (χ1) is 7.67. The van der Waals surface area contributed by atoms with E-state index in [1.807, 2.05) is 0 Å². The Morgan fingerprint density at radius 3 is 2.56 bits per heavy atom. The van der Waals surface area contributed by atoms with Gasteiger partial charge >= 0.3 is 0 Å². The molecule has 0 saturated heterocycles. The third-order valence-corrected chi connectivity index (χ3v) is 2.36. The lowest BCUT2D eigenvalue weighted by Gasteiger charge is -2.09. The maximum Gasteiger partial charge on any atom is 0.204 e. The summed E-state index contributed by atoms with van der Waals surface area (Å²) in [5.74, 6) is 1.54. The third-order valence-electron chi connectivity index (χ3n) is 2.36. The van der Waals surface area contributed by atoms with Crippen molar-refractivity contribution in [1.29, 1.82) is 0 Å². The molecule has 0 aliphatic carbocycles. The molecule has 16 heavy (non-hydrogen) atoms. The van der Waals surface area contributed by atoms with Crippen LogP contribution in [-0.4, -0.2) is 14.2 Å². The number of aryl methyl sites for hydroxylation is 1. The van der Waals surface area contributed by atoms with E-state index in [9.17, 15) is 4.79 Å². The second kappa shape index (κ2) is 3.89. The fourth-order valence-corrected chi connectivity index (χ4v) is 1.65. The molecule has 1 aromatic carbocycles. The Labute approximate surface area is 92.4 Å². The molecule has 0 unspecified atom stereocenters. The smallest absolute Gasteiger partial charge is 0.204 e. The van der Waals surface area contributed by atoms with Gasteiger partial charge in [0.2, 0.25) is 5.75 Å². The van der Waals surface area contributed by atoms with Crippen molar-refractivity contribution in [2.45, 2.75) is 6.92 Å². The van der Waals surface area contributed by atoms with Crippen LogP contribution in [0.3, 0.4) is 0 Å². The van der Waals surface area contributed by atoms with Crippen LogP contribution in [-0.2, 0) is 0 Å². The molecule has 0 fully saturated rings. The molecule has 0 N–H and O–H groups in total. The van der Waals surface area contributed by atoms with Crippen LogP contribution in [0.1, 0.15) is 5.76 Å². The van der Waals surface area contributed by atoms with Crippen LogP contribution in [0.2, 0.25) is 0 Å². The lowest BCUT2D eigenvalue weighted by molar-refractivity contribution is 0.352. The van der Waals surface area contributed by atoms with E-state index >= 15 is 0 Å². The van der Waals surface area contributed by atoms with Gasteiger partial charge in [0.25, 0.3) is 0 Å². The highest BCUT2D eigenvalue weighted by Gasteiger charge is 2.13. The number of rotatable bonds is 2. The molecule has 0 aliphatic heterocycles. The highest BCUT2D eigenvalue weighted by atomic mass is 16.5. The minimum Gasteiger partial charge on any atom is -0.493 e. The summed E-state index contributed by atoms with van der Waals surface area (Å²) >= 11 is 0. The van der Waals surface area contributed by atoms with Crippen molar-refractivity contribution in [3.63, 3.8) is 0 Å². The number of hydrogen-bond donors (Lipinski definition) is 0. The topological polar surface area (TPSA) is 48.7 Å². The Morgan fingerprint density at radius 2 is 1.94 bits per heavy atom. The molecule has 4 nitrogen and oxygen atoms in total. The van der Waals surface area contributed by atoms with Gasteiger partial charge in [-0.3, -0.25) is 4.79 Å². The maximum absolute atomic E-state index is 11.7. The number of hydrogen-bond acceptors (Lipinski definition) is 4. The summed E-state index contributed by atoms with van der Waals surface area (Å²) in [7, 11) is 3.05. The van der Waals surface area contributed by atoms with E-state index in [0.29, 0.717) is 28.2 Å². The van der Waals surface area contributed by atoms with E-state index in [4.69, 9.17) is 13.9 Å². The number of methoxy groups -OCH3 is 2.